The monoisotopic (exact) mass is 426 g/mol. The van der Waals surface area contributed by atoms with E-state index in [4.69, 9.17) is 5.21 Å². The maximum absolute atomic E-state index is 13.1. The average molecular weight is 426 g/mol. The van der Waals surface area contributed by atoms with Gasteiger partial charge in [0.2, 0.25) is 0 Å². The van der Waals surface area contributed by atoms with Gasteiger partial charge in [-0.25, -0.2) is 4.98 Å². The molecule has 0 fully saturated rings. The van der Waals surface area contributed by atoms with Crippen LogP contribution in [0.1, 0.15) is 21.5 Å². The van der Waals surface area contributed by atoms with E-state index in [9.17, 15) is 18.0 Å². The summed E-state index contributed by atoms with van der Waals surface area (Å²) in [6, 6.07) is 13.6. The molecular formula is C22H17F3N4O2. The van der Waals surface area contributed by atoms with Gasteiger partial charge < -0.3 is 9.72 Å². The molecule has 9 heteroatoms. The molecule has 0 unspecified atom stereocenters. The second kappa shape index (κ2) is 7.77. The Morgan fingerprint density at radius 2 is 1.77 bits per heavy atom. The number of carbonyl (C=O) groups excluding carboxylic acids is 1. The lowest BCUT2D eigenvalue weighted by atomic mass is 10.1. The maximum atomic E-state index is 13.1. The Morgan fingerprint density at radius 1 is 1.03 bits per heavy atom. The lowest BCUT2D eigenvalue weighted by Crippen LogP contribution is -2.15. The minimum atomic E-state index is -4.73. The first-order valence-corrected chi connectivity index (χ1v) is 9.23. The van der Waals surface area contributed by atoms with Crippen LogP contribution in [0.4, 0.5) is 24.5 Å². The van der Waals surface area contributed by atoms with Crippen molar-refractivity contribution in [2.75, 3.05) is 10.8 Å². The van der Waals surface area contributed by atoms with E-state index in [1.54, 1.807) is 24.3 Å². The summed E-state index contributed by atoms with van der Waals surface area (Å²) in [6.45, 7) is 1.99. The normalized spacial score (nSPS) is 11.5. The molecule has 0 atom stereocenters. The Morgan fingerprint density at radius 3 is 2.45 bits per heavy atom. The minimum Gasteiger partial charge on any atom is -0.322 e. The molecule has 6 nitrogen and oxygen atoms in total. The van der Waals surface area contributed by atoms with Gasteiger partial charge in [0.15, 0.2) is 0 Å². The van der Waals surface area contributed by atoms with Gasteiger partial charge >= 0.3 is 6.18 Å². The number of alkyl halides is 3. The van der Waals surface area contributed by atoms with Crippen molar-refractivity contribution in [1.82, 2.24) is 9.38 Å². The van der Waals surface area contributed by atoms with Gasteiger partial charge in [-0.15, -0.1) is 0 Å². The molecule has 0 aliphatic carbocycles. The maximum Gasteiger partial charge on any atom is 0.418 e. The van der Waals surface area contributed by atoms with Crippen LogP contribution in [0.25, 0.3) is 16.9 Å². The van der Waals surface area contributed by atoms with Gasteiger partial charge in [-0.05, 0) is 48.9 Å². The van der Waals surface area contributed by atoms with Gasteiger partial charge in [0, 0.05) is 29.2 Å². The molecule has 2 aromatic heterocycles. The van der Waals surface area contributed by atoms with E-state index in [1.807, 2.05) is 35.9 Å². The van der Waals surface area contributed by atoms with E-state index in [1.165, 1.54) is 11.5 Å². The Balaban J connectivity index is 1.54. The number of hydrogen-bond acceptors (Lipinski definition) is 4. The molecule has 4 aromatic rings. The average Bonchev–Trinajstić information content (AvgIpc) is 3.16. The van der Waals surface area contributed by atoms with Crippen LogP contribution in [-0.2, 0) is 6.18 Å². The number of hydrogen-bond donors (Lipinski definition) is 3. The summed E-state index contributed by atoms with van der Waals surface area (Å²) in [6.07, 6.45) is -0.867. The van der Waals surface area contributed by atoms with Crippen molar-refractivity contribution in [1.29, 1.82) is 0 Å². The van der Waals surface area contributed by atoms with Crippen molar-refractivity contribution in [2.24, 2.45) is 0 Å². The molecule has 0 saturated carbocycles. The number of carbonyl (C=O) groups is 1. The van der Waals surface area contributed by atoms with Gasteiger partial charge in [-0.3, -0.25) is 15.5 Å². The predicted molar refractivity (Wildman–Crippen MR) is 110 cm³/mol. The number of imidazole rings is 1. The summed E-state index contributed by atoms with van der Waals surface area (Å²) in [4.78, 5) is 17.0. The number of aromatic nitrogens is 2. The molecule has 2 heterocycles. The van der Waals surface area contributed by atoms with E-state index in [-0.39, 0.29) is 5.56 Å². The fourth-order valence-corrected chi connectivity index (χ4v) is 3.19. The van der Waals surface area contributed by atoms with E-state index in [0.29, 0.717) is 11.8 Å². The van der Waals surface area contributed by atoms with Crippen molar-refractivity contribution in [3.8, 4) is 11.3 Å². The third-order valence-corrected chi connectivity index (χ3v) is 4.75. The van der Waals surface area contributed by atoms with Gasteiger partial charge in [-0.2, -0.15) is 13.2 Å². The zero-order valence-corrected chi connectivity index (χ0v) is 16.2. The predicted octanol–water partition coefficient (Wildman–Crippen LogP) is 5.38. The number of pyridine rings is 1. The fraction of sp³-hybridized carbons (Fsp3) is 0.0909. The Bertz CT molecular complexity index is 1260. The summed E-state index contributed by atoms with van der Waals surface area (Å²) in [5, 5.41) is 11.4. The standard InChI is InChI=1S/C22H17F3N4O2/c1-13-2-9-20-27-19(12-29(20)11-13)14-3-6-16(7-4-14)26-21(30)15-5-8-18(28-31)17(10-15)22(23,24)25/h2-12,28,31H,1H3,(H,26,30). The molecule has 0 aliphatic rings. The first kappa shape index (κ1) is 20.4. The number of nitrogens with zero attached hydrogens (tertiary/aromatic N) is 2. The van der Waals surface area contributed by atoms with Gasteiger partial charge in [0.25, 0.3) is 5.91 Å². The SMILES string of the molecule is Cc1ccc2nc(-c3ccc(NC(=O)c4ccc(NO)c(C(F)(F)F)c4)cc3)cn2c1. The number of fused-ring (bicyclic) bond motifs is 1. The Labute approximate surface area is 174 Å². The van der Waals surface area contributed by atoms with Crippen LogP contribution in [0.3, 0.4) is 0 Å². The highest BCUT2D eigenvalue weighted by atomic mass is 19.4. The van der Waals surface area contributed by atoms with Crippen molar-refractivity contribution in [2.45, 2.75) is 13.1 Å². The zero-order valence-electron chi connectivity index (χ0n) is 16.2. The van der Waals surface area contributed by atoms with Crippen LogP contribution in [0.2, 0.25) is 0 Å². The number of amides is 1. The van der Waals surface area contributed by atoms with Crippen LogP contribution < -0.4 is 10.8 Å². The van der Waals surface area contributed by atoms with Crippen molar-refractivity contribution in [3.05, 3.63) is 83.7 Å². The molecule has 4 rings (SSSR count). The molecule has 0 aliphatic heterocycles. The van der Waals surface area contributed by atoms with Crippen LogP contribution in [0.5, 0.6) is 0 Å². The highest BCUT2D eigenvalue weighted by Crippen LogP contribution is 2.35. The van der Waals surface area contributed by atoms with Crippen molar-refractivity contribution >= 4 is 22.9 Å². The topological polar surface area (TPSA) is 78.7 Å². The number of halogens is 3. The third-order valence-electron chi connectivity index (χ3n) is 4.75. The van der Waals surface area contributed by atoms with Gasteiger partial charge in [0.05, 0.1) is 16.9 Å². The van der Waals surface area contributed by atoms with Crippen molar-refractivity contribution < 1.29 is 23.2 Å². The molecule has 0 bridgehead atoms. The highest BCUT2D eigenvalue weighted by molar-refractivity contribution is 6.04. The second-order valence-corrected chi connectivity index (χ2v) is 7.00. The molecule has 158 valence electrons. The second-order valence-electron chi connectivity index (χ2n) is 7.00. The number of benzene rings is 2. The number of anilines is 2. The molecule has 1 amide bonds. The lowest BCUT2D eigenvalue weighted by Gasteiger charge is -2.13. The highest BCUT2D eigenvalue weighted by Gasteiger charge is 2.34. The quantitative estimate of drug-likeness (QED) is 0.383. The minimum absolute atomic E-state index is 0.189. The Hall–Kier alpha value is -3.85. The molecule has 3 N–H and O–H groups in total. The van der Waals surface area contributed by atoms with E-state index < -0.39 is 23.3 Å². The van der Waals surface area contributed by atoms with Crippen LogP contribution in [0.15, 0.2) is 67.0 Å². The number of nitrogens with one attached hydrogen (secondary N) is 2. The number of aryl methyl sites for hydroxylation is 1. The molecular weight excluding hydrogens is 409 g/mol. The van der Waals surface area contributed by atoms with E-state index in [2.05, 4.69) is 10.3 Å². The summed E-state index contributed by atoms with van der Waals surface area (Å²) in [7, 11) is 0. The third kappa shape index (κ3) is 4.22. The number of rotatable bonds is 4. The summed E-state index contributed by atoms with van der Waals surface area (Å²) in [5.74, 6) is -0.703. The first-order chi connectivity index (χ1) is 14.7. The molecule has 31 heavy (non-hydrogen) atoms. The summed E-state index contributed by atoms with van der Waals surface area (Å²) < 4.78 is 41.3. The Kier molecular flexibility index (Phi) is 5.12. The van der Waals surface area contributed by atoms with Crippen LogP contribution in [0, 0.1) is 6.92 Å². The van der Waals surface area contributed by atoms with Gasteiger partial charge in [0.1, 0.15) is 5.65 Å². The molecule has 2 aromatic carbocycles. The van der Waals surface area contributed by atoms with Crippen molar-refractivity contribution in [3.63, 3.8) is 0 Å². The molecule has 0 spiro atoms. The van der Waals surface area contributed by atoms with E-state index >= 15 is 0 Å². The van der Waals surface area contributed by atoms with E-state index in [0.717, 1.165) is 28.5 Å². The smallest absolute Gasteiger partial charge is 0.322 e. The van der Waals surface area contributed by atoms with Crippen LogP contribution in [-0.4, -0.2) is 20.5 Å². The summed E-state index contributed by atoms with van der Waals surface area (Å²) in [5.41, 5.74) is 3.55. The van der Waals surface area contributed by atoms with Gasteiger partial charge in [-0.1, -0.05) is 18.2 Å². The molecule has 0 radical (unpaired) electrons. The van der Waals surface area contributed by atoms with Crippen LogP contribution >= 0.6 is 0 Å². The molecule has 0 saturated heterocycles. The zero-order chi connectivity index (χ0) is 22.2. The fourth-order valence-electron chi connectivity index (χ4n) is 3.19. The lowest BCUT2D eigenvalue weighted by molar-refractivity contribution is -0.137. The largest absolute Gasteiger partial charge is 0.418 e. The first-order valence-electron chi connectivity index (χ1n) is 9.23. The summed E-state index contributed by atoms with van der Waals surface area (Å²) >= 11 is 0.